The van der Waals surface area contributed by atoms with Crippen molar-refractivity contribution in [2.45, 2.75) is 20.0 Å². The molecule has 0 aliphatic heterocycles. The molecule has 0 aliphatic carbocycles. The lowest BCUT2D eigenvalue weighted by Gasteiger charge is -2.02. The Bertz CT molecular complexity index is 462. The number of thiophene rings is 1. The molecular formula is C11H13NOS. The monoisotopic (exact) mass is 207 g/mol. The van der Waals surface area contributed by atoms with Crippen molar-refractivity contribution in [2.75, 3.05) is 5.73 Å². The first-order valence-electron chi connectivity index (χ1n) is 4.66. The van der Waals surface area contributed by atoms with Crippen LogP contribution < -0.4 is 5.73 Å². The summed E-state index contributed by atoms with van der Waals surface area (Å²) < 4.78 is 1.17. The number of benzene rings is 1. The van der Waals surface area contributed by atoms with Gasteiger partial charge < -0.3 is 10.8 Å². The second kappa shape index (κ2) is 3.59. The lowest BCUT2D eigenvalue weighted by molar-refractivity contribution is 0.282. The third-order valence-electron chi connectivity index (χ3n) is 2.37. The van der Waals surface area contributed by atoms with Crippen LogP contribution in [0.25, 0.3) is 10.1 Å². The van der Waals surface area contributed by atoms with Crippen LogP contribution in [-0.4, -0.2) is 5.11 Å². The van der Waals surface area contributed by atoms with E-state index in [4.69, 9.17) is 10.8 Å². The largest absolute Gasteiger partial charge is 0.392 e. The summed E-state index contributed by atoms with van der Waals surface area (Å²) in [6.45, 7) is 2.21. The van der Waals surface area contributed by atoms with Crippen LogP contribution in [0.2, 0.25) is 0 Å². The van der Waals surface area contributed by atoms with E-state index in [0.717, 1.165) is 17.0 Å². The Kier molecular flexibility index (Phi) is 2.44. The number of aliphatic hydroxyl groups excluding tert-OH is 1. The zero-order valence-electron chi connectivity index (χ0n) is 8.08. The predicted octanol–water partition coefficient (Wildman–Crippen LogP) is 2.54. The van der Waals surface area contributed by atoms with E-state index in [-0.39, 0.29) is 6.61 Å². The van der Waals surface area contributed by atoms with Gasteiger partial charge >= 0.3 is 0 Å². The minimum Gasteiger partial charge on any atom is -0.392 e. The summed E-state index contributed by atoms with van der Waals surface area (Å²) in [4.78, 5) is 0. The van der Waals surface area contributed by atoms with Crippen LogP contribution in [0.5, 0.6) is 0 Å². The number of aryl methyl sites for hydroxylation is 1. The number of fused-ring (bicyclic) bond motifs is 1. The SMILES string of the molecule is CCc1cc(CO)cc2sc(N)cc12. The van der Waals surface area contributed by atoms with E-state index in [1.807, 2.05) is 12.1 Å². The zero-order valence-corrected chi connectivity index (χ0v) is 8.90. The molecule has 0 saturated carbocycles. The van der Waals surface area contributed by atoms with E-state index in [1.165, 1.54) is 15.6 Å². The smallest absolute Gasteiger partial charge is 0.0868 e. The summed E-state index contributed by atoms with van der Waals surface area (Å²) in [5.41, 5.74) is 7.99. The van der Waals surface area contributed by atoms with E-state index in [9.17, 15) is 0 Å². The number of anilines is 1. The summed E-state index contributed by atoms with van der Waals surface area (Å²) in [5.74, 6) is 0. The topological polar surface area (TPSA) is 46.2 Å². The highest BCUT2D eigenvalue weighted by molar-refractivity contribution is 7.22. The van der Waals surface area contributed by atoms with Gasteiger partial charge in [-0.2, -0.15) is 0 Å². The molecule has 3 N–H and O–H groups in total. The average Bonchev–Trinajstić information content (AvgIpc) is 2.56. The molecule has 0 saturated heterocycles. The van der Waals surface area contributed by atoms with Gasteiger partial charge in [-0.1, -0.05) is 13.0 Å². The molecule has 1 aromatic carbocycles. The number of nitrogens with two attached hydrogens (primary N) is 1. The normalized spacial score (nSPS) is 11.0. The highest BCUT2D eigenvalue weighted by atomic mass is 32.1. The van der Waals surface area contributed by atoms with Gasteiger partial charge in [-0.3, -0.25) is 0 Å². The Morgan fingerprint density at radius 3 is 2.79 bits per heavy atom. The van der Waals surface area contributed by atoms with Gasteiger partial charge in [0.05, 0.1) is 11.6 Å². The molecule has 0 radical (unpaired) electrons. The van der Waals surface area contributed by atoms with Crippen molar-refractivity contribution in [3.63, 3.8) is 0 Å². The lowest BCUT2D eigenvalue weighted by Crippen LogP contribution is -1.87. The maximum absolute atomic E-state index is 9.10. The van der Waals surface area contributed by atoms with Crippen LogP contribution in [0.15, 0.2) is 18.2 Å². The molecule has 0 unspecified atom stereocenters. The van der Waals surface area contributed by atoms with Gasteiger partial charge in [-0.25, -0.2) is 0 Å². The Morgan fingerprint density at radius 1 is 1.36 bits per heavy atom. The summed E-state index contributed by atoms with van der Waals surface area (Å²) >= 11 is 1.58. The van der Waals surface area contributed by atoms with Gasteiger partial charge in [0.2, 0.25) is 0 Å². The summed E-state index contributed by atoms with van der Waals surface area (Å²) in [7, 11) is 0. The van der Waals surface area contributed by atoms with Gasteiger partial charge in [-0.05, 0) is 35.1 Å². The fourth-order valence-electron chi connectivity index (χ4n) is 1.68. The van der Waals surface area contributed by atoms with Crippen molar-refractivity contribution in [1.82, 2.24) is 0 Å². The number of rotatable bonds is 2. The van der Waals surface area contributed by atoms with Crippen molar-refractivity contribution in [1.29, 1.82) is 0 Å². The van der Waals surface area contributed by atoms with E-state index < -0.39 is 0 Å². The molecule has 2 aromatic rings. The number of nitrogen functional groups attached to an aromatic ring is 1. The zero-order chi connectivity index (χ0) is 10.1. The molecule has 2 nitrogen and oxygen atoms in total. The number of hydrogen-bond acceptors (Lipinski definition) is 3. The first-order valence-corrected chi connectivity index (χ1v) is 5.48. The van der Waals surface area contributed by atoms with Crippen molar-refractivity contribution in [3.05, 3.63) is 29.3 Å². The highest BCUT2D eigenvalue weighted by Gasteiger charge is 2.05. The van der Waals surface area contributed by atoms with Crippen molar-refractivity contribution in [3.8, 4) is 0 Å². The van der Waals surface area contributed by atoms with Gasteiger partial charge in [0, 0.05) is 4.70 Å². The summed E-state index contributed by atoms with van der Waals surface area (Å²) in [6, 6.07) is 6.07. The number of aliphatic hydroxyl groups is 1. The fraction of sp³-hybridized carbons (Fsp3) is 0.273. The van der Waals surface area contributed by atoms with E-state index in [2.05, 4.69) is 13.0 Å². The van der Waals surface area contributed by atoms with Crippen molar-refractivity contribution in [2.24, 2.45) is 0 Å². The lowest BCUT2D eigenvalue weighted by atomic mass is 10.0. The van der Waals surface area contributed by atoms with Crippen LogP contribution in [0.4, 0.5) is 5.00 Å². The minimum atomic E-state index is 0.0980. The van der Waals surface area contributed by atoms with Crippen LogP contribution in [0, 0.1) is 0 Å². The maximum atomic E-state index is 9.10. The molecule has 2 rings (SSSR count). The molecule has 0 fully saturated rings. The Hall–Kier alpha value is -1.06. The second-order valence-corrected chi connectivity index (χ2v) is 4.44. The Labute approximate surface area is 87.0 Å². The van der Waals surface area contributed by atoms with Gasteiger partial charge in [0.15, 0.2) is 0 Å². The molecule has 1 heterocycles. The van der Waals surface area contributed by atoms with Gasteiger partial charge in [0.1, 0.15) is 0 Å². The van der Waals surface area contributed by atoms with Crippen LogP contribution in [-0.2, 0) is 13.0 Å². The predicted molar refractivity (Wildman–Crippen MR) is 61.5 cm³/mol. The third kappa shape index (κ3) is 1.49. The Balaban J connectivity index is 2.72. The molecule has 0 bridgehead atoms. The quantitative estimate of drug-likeness (QED) is 0.795. The molecular weight excluding hydrogens is 194 g/mol. The molecule has 3 heteroatoms. The van der Waals surface area contributed by atoms with Crippen LogP contribution in [0.3, 0.4) is 0 Å². The van der Waals surface area contributed by atoms with Gasteiger partial charge in [0.25, 0.3) is 0 Å². The molecule has 0 aliphatic rings. The molecule has 74 valence electrons. The fourth-order valence-corrected chi connectivity index (χ4v) is 2.62. The highest BCUT2D eigenvalue weighted by Crippen LogP contribution is 2.31. The maximum Gasteiger partial charge on any atom is 0.0868 e. The molecule has 0 amide bonds. The van der Waals surface area contributed by atoms with E-state index >= 15 is 0 Å². The van der Waals surface area contributed by atoms with Crippen LogP contribution >= 0.6 is 11.3 Å². The molecule has 14 heavy (non-hydrogen) atoms. The molecule has 0 spiro atoms. The van der Waals surface area contributed by atoms with Crippen LogP contribution in [0.1, 0.15) is 18.1 Å². The first kappa shape index (κ1) is 9.49. The van der Waals surface area contributed by atoms with E-state index in [0.29, 0.717) is 0 Å². The minimum absolute atomic E-state index is 0.0980. The van der Waals surface area contributed by atoms with Gasteiger partial charge in [-0.15, -0.1) is 11.3 Å². The third-order valence-corrected chi connectivity index (χ3v) is 3.28. The molecule has 1 aromatic heterocycles. The standard InChI is InChI=1S/C11H13NOS/c1-2-8-3-7(6-13)4-10-9(8)5-11(12)14-10/h3-5,13H,2,6,12H2,1H3. The van der Waals surface area contributed by atoms with E-state index in [1.54, 1.807) is 11.3 Å². The average molecular weight is 207 g/mol. The summed E-state index contributed by atoms with van der Waals surface area (Å²) in [6.07, 6.45) is 0.973. The van der Waals surface area contributed by atoms with Crippen molar-refractivity contribution >= 4 is 26.4 Å². The van der Waals surface area contributed by atoms with Crippen molar-refractivity contribution < 1.29 is 5.11 Å². The second-order valence-electron chi connectivity index (χ2n) is 3.33. The Morgan fingerprint density at radius 2 is 2.14 bits per heavy atom. The molecule has 0 atom stereocenters. The first-order chi connectivity index (χ1) is 6.74. The number of hydrogen-bond donors (Lipinski definition) is 2. The summed E-state index contributed by atoms with van der Waals surface area (Å²) in [5, 5.41) is 11.2.